The van der Waals surface area contributed by atoms with Gasteiger partial charge in [-0.3, -0.25) is 4.99 Å². The minimum absolute atomic E-state index is 0. The summed E-state index contributed by atoms with van der Waals surface area (Å²) in [7, 11) is 1.73. The van der Waals surface area contributed by atoms with Gasteiger partial charge in [-0.15, -0.1) is 24.0 Å². The van der Waals surface area contributed by atoms with Crippen molar-refractivity contribution in [3.05, 3.63) is 29.3 Å². The van der Waals surface area contributed by atoms with Crippen LogP contribution in [-0.4, -0.2) is 57.2 Å². The highest BCUT2D eigenvalue weighted by molar-refractivity contribution is 14.0. The molecule has 0 spiro atoms. The lowest BCUT2D eigenvalue weighted by molar-refractivity contribution is 0.326. The molecule has 1 aliphatic heterocycles. The van der Waals surface area contributed by atoms with Gasteiger partial charge in [0.15, 0.2) is 5.96 Å². The van der Waals surface area contributed by atoms with Crippen LogP contribution in [0, 0.1) is 12.8 Å². The Morgan fingerprint density at radius 1 is 1.30 bits per heavy atom. The number of hydrogen-bond donors (Lipinski definition) is 2. The van der Waals surface area contributed by atoms with Gasteiger partial charge in [-0.25, -0.2) is 0 Å². The lowest BCUT2D eigenvalue weighted by Crippen LogP contribution is -2.38. The van der Waals surface area contributed by atoms with E-state index in [9.17, 15) is 0 Å². The van der Waals surface area contributed by atoms with Crippen molar-refractivity contribution in [2.45, 2.75) is 40.0 Å². The zero-order valence-electron chi connectivity index (χ0n) is 17.4. The second kappa shape index (κ2) is 13.2. The molecule has 1 aliphatic rings. The van der Waals surface area contributed by atoms with Gasteiger partial charge in [-0.1, -0.05) is 24.6 Å². The molecule has 0 aliphatic carbocycles. The summed E-state index contributed by atoms with van der Waals surface area (Å²) in [4.78, 5) is 7.38. The Morgan fingerprint density at radius 3 is 2.81 bits per heavy atom. The molecule has 1 unspecified atom stereocenters. The van der Waals surface area contributed by atoms with E-state index in [0.717, 1.165) is 37.8 Å². The van der Waals surface area contributed by atoms with Crippen molar-refractivity contribution in [1.82, 2.24) is 15.5 Å². The fourth-order valence-electron chi connectivity index (χ4n) is 3.56. The van der Waals surface area contributed by atoms with Gasteiger partial charge in [0.1, 0.15) is 5.75 Å². The van der Waals surface area contributed by atoms with Gasteiger partial charge in [0.2, 0.25) is 0 Å². The molecule has 2 N–H and O–H groups in total. The molecule has 0 radical (unpaired) electrons. The molecule has 0 aromatic heterocycles. The first-order valence-corrected chi connectivity index (χ1v) is 10.0. The van der Waals surface area contributed by atoms with E-state index in [-0.39, 0.29) is 24.0 Å². The van der Waals surface area contributed by atoms with E-state index in [4.69, 9.17) is 9.73 Å². The van der Waals surface area contributed by atoms with Crippen molar-refractivity contribution in [2.75, 3.05) is 46.4 Å². The van der Waals surface area contributed by atoms with E-state index in [2.05, 4.69) is 48.4 Å². The molecule has 1 heterocycles. The van der Waals surface area contributed by atoms with Crippen LogP contribution in [0.4, 0.5) is 0 Å². The molecular formula is C21H37IN4O. The predicted octanol–water partition coefficient (Wildman–Crippen LogP) is 3.45. The normalized spacial score (nSPS) is 17.5. The van der Waals surface area contributed by atoms with Gasteiger partial charge >= 0.3 is 0 Å². The molecule has 1 atom stereocenters. The van der Waals surface area contributed by atoms with Gasteiger partial charge in [-0.2, -0.15) is 0 Å². The number of guanidine groups is 1. The van der Waals surface area contributed by atoms with Crippen molar-refractivity contribution in [3.63, 3.8) is 0 Å². The van der Waals surface area contributed by atoms with Crippen molar-refractivity contribution in [2.24, 2.45) is 10.9 Å². The summed E-state index contributed by atoms with van der Waals surface area (Å²) in [6.45, 7) is 12.7. The van der Waals surface area contributed by atoms with Gasteiger partial charge in [0, 0.05) is 26.2 Å². The zero-order chi connectivity index (χ0) is 18.8. The Kier molecular flexibility index (Phi) is 11.7. The number of methoxy groups -OCH3 is 1. The van der Waals surface area contributed by atoms with Crippen LogP contribution in [0.15, 0.2) is 23.2 Å². The van der Waals surface area contributed by atoms with Crippen molar-refractivity contribution < 1.29 is 4.74 Å². The number of ether oxygens (including phenoxy) is 1. The Hall–Kier alpha value is -1.02. The Balaban J connectivity index is 0.00000364. The van der Waals surface area contributed by atoms with E-state index < -0.39 is 0 Å². The van der Waals surface area contributed by atoms with Gasteiger partial charge in [0.05, 0.1) is 7.11 Å². The fraction of sp³-hybridized carbons (Fsp3) is 0.667. The van der Waals surface area contributed by atoms with Crippen molar-refractivity contribution >= 4 is 29.9 Å². The summed E-state index contributed by atoms with van der Waals surface area (Å²) in [6, 6.07) is 6.34. The maximum atomic E-state index is 5.47. The molecule has 5 nitrogen and oxygen atoms in total. The first kappa shape index (κ1) is 24.0. The molecule has 27 heavy (non-hydrogen) atoms. The minimum Gasteiger partial charge on any atom is -0.496 e. The maximum absolute atomic E-state index is 5.47. The number of nitrogens with one attached hydrogen (secondary N) is 2. The summed E-state index contributed by atoms with van der Waals surface area (Å²) < 4.78 is 5.47. The number of nitrogens with zero attached hydrogens (tertiary/aromatic N) is 2. The van der Waals surface area contributed by atoms with Crippen LogP contribution in [0.3, 0.4) is 0 Å². The molecular weight excluding hydrogens is 451 g/mol. The van der Waals surface area contributed by atoms with Crippen LogP contribution in [0.1, 0.15) is 37.8 Å². The summed E-state index contributed by atoms with van der Waals surface area (Å²) in [5, 5.41) is 6.83. The molecule has 1 fully saturated rings. The highest BCUT2D eigenvalue weighted by atomic mass is 127. The molecule has 0 bridgehead atoms. The van der Waals surface area contributed by atoms with Crippen LogP contribution >= 0.6 is 24.0 Å². The highest BCUT2D eigenvalue weighted by Crippen LogP contribution is 2.20. The molecule has 2 rings (SSSR count). The van der Waals surface area contributed by atoms with Crippen molar-refractivity contribution in [3.8, 4) is 5.75 Å². The monoisotopic (exact) mass is 488 g/mol. The minimum atomic E-state index is 0. The number of aliphatic imine (C=N–C) groups is 1. The Bertz CT molecular complexity index is 579. The van der Waals surface area contributed by atoms with Crippen molar-refractivity contribution in [1.29, 1.82) is 0 Å². The third-order valence-corrected chi connectivity index (χ3v) is 4.88. The standard InChI is InChI=1S/C21H36N4O.HI/c1-5-12-25-13-10-18(16-25)15-24-21(22-6-2)23-11-9-19-14-17(3)7-8-20(19)26-4;/h7-8,14,18H,5-6,9-13,15-16H2,1-4H3,(H2,22,23,24);1H. The van der Waals surface area contributed by atoms with E-state index in [1.807, 2.05) is 6.07 Å². The molecule has 6 heteroatoms. The van der Waals surface area contributed by atoms with Crippen LogP contribution in [0.25, 0.3) is 0 Å². The third kappa shape index (κ3) is 8.25. The van der Waals surface area contributed by atoms with Gasteiger partial charge in [0.25, 0.3) is 0 Å². The number of benzene rings is 1. The number of likely N-dealkylation sites (tertiary alicyclic amines) is 1. The lowest BCUT2D eigenvalue weighted by atomic mass is 10.1. The van der Waals surface area contributed by atoms with E-state index in [0.29, 0.717) is 5.92 Å². The highest BCUT2D eigenvalue weighted by Gasteiger charge is 2.21. The Morgan fingerprint density at radius 2 is 2.11 bits per heavy atom. The first-order valence-electron chi connectivity index (χ1n) is 10.0. The fourth-order valence-corrected chi connectivity index (χ4v) is 3.56. The average Bonchev–Trinajstić information content (AvgIpc) is 3.08. The maximum Gasteiger partial charge on any atom is 0.191 e. The summed E-state index contributed by atoms with van der Waals surface area (Å²) in [5.41, 5.74) is 2.50. The van der Waals surface area contributed by atoms with Crippen LogP contribution < -0.4 is 15.4 Å². The topological polar surface area (TPSA) is 48.9 Å². The molecule has 1 aromatic rings. The van der Waals surface area contributed by atoms with Crippen LogP contribution in [0.2, 0.25) is 0 Å². The average molecular weight is 488 g/mol. The summed E-state index contributed by atoms with van der Waals surface area (Å²) in [5.74, 6) is 2.57. The number of rotatable bonds is 9. The van der Waals surface area contributed by atoms with E-state index in [1.54, 1.807) is 7.11 Å². The second-order valence-electron chi connectivity index (χ2n) is 7.17. The second-order valence-corrected chi connectivity index (χ2v) is 7.17. The largest absolute Gasteiger partial charge is 0.496 e. The number of hydrogen-bond acceptors (Lipinski definition) is 3. The molecule has 1 aromatic carbocycles. The summed E-state index contributed by atoms with van der Waals surface area (Å²) >= 11 is 0. The van der Waals surface area contributed by atoms with Gasteiger partial charge < -0.3 is 20.3 Å². The smallest absolute Gasteiger partial charge is 0.191 e. The van der Waals surface area contributed by atoms with Crippen LogP contribution in [0.5, 0.6) is 5.75 Å². The molecule has 1 saturated heterocycles. The van der Waals surface area contributed by atoms with Gasteiger partial charge in [-0.05, 0) is 63.7 Å². The predicted molar refractivity (Wildman–Crippen MR) is 126 cm³/mol. The lowest BCUT2D eigenvalue weighted by Gasteiger charge is -2.15. The molecule has 154 valence electrons. The Labute approximate surface area is 182 Å². The SMILES string of the molecule is CCCN1CCC(CN=C(NCC)NCCc2cc(C)ccc2OC)C1.I. The van der Waals surface area contributed by atoms with E-state index >= 15 is 0 Å². The third-order valence-electron chi connectivity index (χ3n) is 4.88. The van der Waals surface area contributed by atoms with Crippen LogP contribution in [-0.2, 0) is 6.42 Å². The zero-order valence-corrected chi connectivity index (χ0v) is 19.7. The molecule has 0 saturated carbocycles. The first-order chi connectivity index (χ1) is 12.7. The quantitative estimate of drug-likeness (QED) is 0.318. The summed E-state index contributed by atoms with van der Waals surface area (Å²) in [6.07, 6.45) is 3.43. The molecule has 0 amide bonds. The number of halogens is 1. The number of aryl methyl sites for hydroxylation is 1. The van der Waals surface area contributed by atoms with E-state index in [1.165, 1.54) is 43.6 Å².